The van der Waals surface area contributed by atoms with Crippen molar-refractivity contribution in [2.45, 2.75) is 37.9 Å². The van der Waals surface area contributed by atoms with E-state index in [-0.39, 0.29) is 11.8 Å². The first kappa shape index (κ1) is 13.5. The zero-order chi connectivity index (χ0) is 13.9. The summed E-state index contributed by atoms with van der Waals surface area (Å²) in [6.07, 6.45) is 1.38. The standard InChI is InChI=1S/C14H19N3O2/c1-10(17-13(19)14(15)7-8-14)12(18)16-9-11-5-3-2-4-6-11/h2-6,10H,7-9,15H2,1H3,(H,16,18)(H,17,19). The van der Waals surface area contributed by atoms with Crippen molar-refractivity contribution in [2.75, 3.05) is 0 Å². The van der Waals surface area contributed by atoms with E-state index in [1.807, 2.05) is 30.3 Å². The molecule has 0 radical (unpaired) electrons. The average Bonchev–Trinajstić information content (AvgIpc) is 3.16. The van der Waals surface area contributed by atoms with Gasteiger partial charge >= 0.3 is 0 Å². The molecule has 2 rings (SSSR count). The second kappa shape index (κ2) is 5.40. The summed E-state index contributed by atoms with van der Waals surface area (Å²) in [4.78, 5) is 23.5. The Kier molecular flexibility index (Phi) is 3.85. The van der Waals surface area contributed by atoms with Crippen LogP contribution >= 0.6 is 0 Å². The van der Waals surface area contributed by atoms with Crippen molar-refractivity contribution < 1.29 is 9.59 Å². The van der Waals surface area contributed by atoms with Crippen LogP contribution in [0.5, 0.6) is 0 Å². The van der Waals surface area contributed by atoms with Gasteiger partial charge in [-0.3, -0.25) is 9.59 Å². The molecule has 5 nitrogen and oxygen atoms in total. The van der Waals surface area contributed by atoms with Crippen LogP contribution < -0.4 is 16.4 Å². The highest BCUT2D eigenvalue weighted by molar-refractivity contribution is 5.93. The Hall–Kier alpha value is -1.88. The first-order chi connectivity index (χ1) is 9.01. The lowest BCUT2D eigenvalue weighted by Gasteiger charge is -2.16. The lowest BCUT2D eigenvalue weighted by atomic mass is 10.2. The van der Waals surface area contributed by atoms with E-state index in [1.54, 1.807) is 6.92 Å². The van der Waals surface area contributed by atoms with Gasteiger partial charge in [-0.2, -0.15) is 0 Å². The Balaban J connectivity index is 1.78. The highest BCUT2D eigenvalue weighted by Gasteiger charge is 2.46. The number of carbonyl (C=O) groups excluding carboxylic acids is 2. The van der Waals surface area contributed by atoms with Gasteiger partial charge in [-0.1, -0.05) is 30.3 Å². The molecule has 2 amide bonds. The molecular formula is C14H19N3O2. The molecule has 1 unspecified atom stereocenters. The second-order valence-corrected chi connectivity index (χ2v) is 5.05. The summed E-state index contributed by atoms with van der Waals surface area (Å²) in [7, 11) is 0. The van der Waals surface area contributed by atoms with E-state index < -0.39 is 11.6 Å². The molecule has 5 heteroatoms. The number of carbonyl (C=O) groups is 2. The van der Waals surface area contributed by atoms with Crippen molar-refractivity contribution in [3.05, 3.63) is 35.9 Å². The smallest absolute Gasteiger partial charge is 0.242 e. The molecule has 0 spiro atoms. The van der Waals surface area contributed by atoms with Crippen LogP contribution in [0.25, 0.3) is 0 Å². The van der Waals surface area contributed by atoms with Crippen LogP contribution in [0.1, 0.15) is 25.3 Å². The van der Waals surface area contributed by atoms with E-state index in [9.17, 15) is 9.59 Å². The lowest BCUT2D eigenvalue weighted by molar-refractivity contribution is -0.129. The van der Waals surface area contributed by atoms with Gasteiger partial charge in [0.15, 0.2) is 0 Å². The van der Waals surface area contributed by atoms with Crippen molar-refractivity contribution in [3.63, 3.8) is 0 Å². The van der Waals surface area contributed by atoms with Crippen LogP contribution in [0.3, 0.4) is 0 Å². The van der Waals surface area contributed by atoms with Crippen molar-refractivity contribution in [1.29, 1.82) is 0 Å². The summed E-state index contributed by atoms with van der Waals surface area (Å²) >= 11 is 0. The zero-order valence-corrected chi connectivity index (χ0v) is 11.0. The Morgan fingerprint density at radius 3 is 2.53 bits per heavy atom. The molecule has 0 aromatic heterocycles. The molecule has 1 aromatic carbocycles. The summed E-state index contributed by atoms with van der Waals surface area (Å²) in [5.41, 5.74) is 6.04. The van der Waals surface area contributed by atoms with Crippen molar-refractivity contribution in [2.24, 2.45) is 5.73 Å². The molecule has 0 bridgehead atoms. The molecule has 19 heavy (non-hydrogen) atoms. The number of amides is 2. The Bertz CT molecular complexity index is 469. The van der Waals surface area contributed by atoms with Gasteiger partial charge in [-0.25, -0.2) is 0 Å². The summed E-state index contributed by atoms with van der Waals surface area (Å²) in [6, 6.07) is 9.04. The van der Waals surface area contributed by atoms with Gasteiger partial charge < -0.3 is 16.4 Å². The predicted molar refractivity (Wildman–Crippen MR) is 72.0 cm³/mol. The fourth-order valence-electron chi connectivity index (χ4n) is 1.71. The van der Waals surface area contributed by atoms with Crippen molar-refractivity contribution in [1.82, 2.24) is 10.6 Å². The molecule has 0 aliphatic heterocycles. The third kappa shape index (κ3) is 3.54. The Morgan fingerprint density at radius 1 is 1.32 bits per heavy atom. The highest BCUT2D eigenvalue weighted by Crippen LogP contribution is 2.32. The maximum Gasteiger partial charge on any atom is 0.242 e. The van der Waals surface area contributed by atoms with Crippen LogP contribution in [-0.2, 0) is 16.1 Å². The Morgan fingerprint density at radius 2 is 1.95 bits per heavy atom. The molecule has 102 valence electrons. The fraction of sp³-hybridized carbons (Fsp3) is 0.429. The van der Waals surface area contributed by atoms with Crippen LogP contribution in [-0.4, -0.2) is 23.4 Å². The molecule has 1 atom stereocenters. The van der Waals surface area contributed by atoms with Crippen molar-refractivity contribution in [3.8, 4) is 0 Å². The van der Waals surface area contributed by atoms with Crippen LogP contribution in [0.2, 0.25) is 0 Å². The molecule has 1 saturated carbocycles. The summed E-state index contributed by atoms with van der Waals surface area (Å²) in [5.74, 6) is -0.448. The molecular weight excluding hydrogens is 242 g/mol. The molecule has 1 aliphatic carbocycles. The number of nitrogens with two attached hydrogens (primary N) is 1. The SMILES string of the molecule is CC(NC(=O)C1(N)CC1)C(=O)NCc1ccccc1. The number of nitrogens with one attached hydrogen (secondary N) is 2. The van der Waals surface area contributed by atoms with Gasteiger partial charge in [0.1, 0.15) is 6.04 Å². The van der Waals surface area contributed by atoms with E-state index in [0.29, 0.717) is 19.4 Å². The van der Waals surface area contributed by atoms with Gasteiger partial charge in [-0.15, -0.1) is 0 Å². The van der Waals surface area contributed by atoms with Crippen LogP contribution in [0.4, 0.5) is 0 Å². The minimum absolute atomic E-state index is 0.207. The number of benzene rings is 1. The third-order valence-electron chi connectivity index (χ3n) is 3.29. The first-order valence-corrected chi connectivity index (χ1v) is 6.43. The monoisotopic (exact) mass is 261 g/mol. The number of rotatable bonds is 5. The van der Waals surface area contributed by atoms with Gasteiger partial charge in [0.25, 0.3) is 0 Å². The van der Waals surface area contributed by atoms with E-state index >= 15 is 0 Å². The quantitative estimate of drug-likeness (QED) is 0.712. The van der Waals surface area contributed by atoms with E-state index in [2.05, 4.69) is 10.6 Å². The van der Waals surface area contributed by atoms with E-state index in [1.165, 1.54) is 0 Å². The topological polar surface area (TPSA) is 84.2 Å². The number of hydrogen-bond acceptors (Lipinski definition) is 3. The normalized spacial score (nSPS) is 17.4. The first-order valence-electron chi connectivity index (χ1n) is 6.43. The summed E-state index contributed by atoms with van der Waals surface area (Å²) < 4.78 is 0. The van der Waals surface area contributed by atoms with E-state index in [0.717, 1.165) is 5.56 Å². The third-order valence-corrected chi connectivity index (χ3v) is 3.29. The fourth-order valence-corrected chi connectivity index (χ4v) is 1.71. The van der Waals surface area contributed by atoms with Crippen LogP contribution in [0.15, 0.2) is 30.3 Å². The zero-order valence-electron chi connectivity index (χ0n) is 11.0. The van der Waals surface area contributed by atoms with Crippen molar-refractivity contribution >= 4 is 11.8 Å². The summed E-state index contributed by atoms with van der Waals surface area (Å²) in [6.45, 7) is 2.11. The van der Waals surface area contributed by atoms with Gasteiger partial charge in [0, 0.05) is 6.54 Å². The predicted octanol–water partition coefficient (Wildman–Crippen LogP) is 0.299. The maximum atomic E-state index is 11.8. The van der Waals surface area contributed by atoms with Crippen LogP contribution in [0, 0.1) is 0 Å². The molecule has 0 saturated heterocycles. The molecule has 1 fully saturated rings. The van der Waals surface area contributed by atoms with Gasteiger partial charge in [0.05, 0.1) is 5.54 Å². The molecule has 4 N–H and O–H groups in total. The largest absolute Gasteiger partial charge is 0.350 e. The molecule has 0 heterocycles. The molecule has 1 aliphatic rings. The second-order valence-electron chi connectivity index (χ2n) is 5.05. The maximum absolute atomic E-state index is 11.8. The lowest BCUT2D eigenvalue weighted by Crippen LogP contribution is -2.51. The summed E-state index contributed by atoms with van der Waals surface area (Å²) in [5, 5.41) is 5.42. The van der Waals surface area contributed by atoms with Gasteiger partial charge in [0.2, 0.25) is 11.8 Å². The number of hydrogen-bond donors (Lipinski definition) is 3. The average molecular weight is 261 g/mol. The van der Waals surface area contributed by atoms with Gasteiger partial charge in [-0.05, 0) is 25.3 Å². The molecule has 1 aromatic rings. The Labute approximate surface area is 112 Å². The van der Waals surface area contributed by atoms with E-state index in [4.69, 9.17) is 5.73 Å². The highest BCUT2D eigenvalue weighted by atomic mass is 16.2. The minimum atomic E-state index is -0.742. The minimum Gasteiger partial charge on any atom is -0.350 e.